The van der Waals surface area contributed by atoms with Crippen molar-refractivity contribution in [1.29, 1.82) is 0 Å². The first-order valence-electron chi connectivity index (χ1n) is 5.06. The summed E-state index contributed by atoms with van der Waals surface area (Å²) in [6.07, 6.45) is 1.52. The van der Waals surface area contributed by atoms with E-state index in [0.29, 0.717) is 16.8 Å². The third-order valence-corrected chi connectivity index (χ3v) is 3.08. The predicted octanol–water partition coefficient (Wildman–Crippen LogP) is 2.06. The number of methoxy groups -OCH3 is 1. The number of halogens is 1. The molecule has 1 aromatic carbocycles. The van der Waals surface area contributed by atoms with E-state index in [9.17, 15) is 4.79 Å². The summed E-state index contributed by atoms with van der Waals surface area (Å²) in [6.45, 7) is 0.447. The Balaban J connectivity index is 2.35. The number of nitrogens with zero attached hydrogens (tertiary/aromatic N) is 2. The van der Waals surface area contributed by atoms with Gasteiger partial charge in [0.15, 0.2) is 5.75 Å². The van der Waals surface area contributed by atoms with E-state index in [-0.39, 0.29) is 5.56 Å². The molecule has 0 amide bonds. The Hall–Kier alpha value is -1.62. The Labute approximate surface area is 107 Å². The smallest absolute Gasteiger partial charge is 0.285 e. The van der Waals surface area contributed by atoms with Crippen molar-refractivity contribution in [3.05, 3.63) is 56.9 Å². The molecule has 0 aliphatic rings. The van der Waals surface area contributed by atoms with Crippen molar-refractivity contribution in [3.63, 3.8) is 0 Å². The Morgan fingerprint density at radius 2 is 2.06 bits per heavy atom. The van der Waals surface area contributed by atoms with Gasteiger partial charge in [0, 0.05) is 0 Å². The molecule has 1 heterocycles. The van der Waals surface area contributed by atoms with Crippen LogP contribution in [-0.2, 0) is 6.54 Å². The zero-order valence-electron chi connectivity index (χ0n) is 9.26. The molecule has 0 fully saturated rings. The van der Waals surface area contributed by atoms with E-state index in [1.807, 2.05) is 30.3 Å². The summed E-state index contributed by atoms with van der Waals surface area (Å²) in [5, 5.41) is 4.05. The Kier molecular flexibility index (Phi) is 3.58. The van der Waals surface area contributed by atoms with E-state index in [1.54, 1.807) is 0 Å². The Bertz CT molecular complexity index is 566. The molecule has 1 aromatic heterocycles. The van der Waals surface area contributed by atoms with Crippen LogP contribution >= 0.6 is 15.9 Å². The second-order valence-corrected chi connectivity index (χ2v) is 4.27. The molecule has 0 aliphatic carbocycles. The van der Waals surface area contributed by atoms with Crippen molar-refractivity contribution < 1.29 is 4.74 Å². The van der Waals surface area contributed by atoms with Gasteiger partial charge < -0.3 is 4.74 Å². The number of benzene rings is 1. The minimum absolute atomic E-state index is 0.201. The van der Waals surface area contributed by atoms with Crippen LogP contribution in [0.15, 0.2) is 45.8 Å². The average Bonchev–Trinajstić information content (AvgIpc) is 2.37. The Morgan fingerprint density at radius 1 is 1.35 bits per heavy atom. The van der Waals surface area contributed by atoms with Crippen molar-refractivity contribution >= 4 is 15.9 Å². The van der Waals surface area contributed by atoms with Crippen LogP contribution in [0, 0.1) is 0 Å². The molecule has 5 heteroatoms. The maximum Gasteiger partial charge on any atom is 0.285 e. The van der Waals surface area contributed by atoms with Gasteiger partial charge in [0.1, 0.15) is 4.47 Å². The zero-order chi connectivity index (χ0) is 12.3. The predicted molar refractivity (Wildman–Crippen MR) is 68.3 cm³/mol. The molecular weight excluding hydrogens is 284 g/mol. The molecule has 0 saturated heterocycles. The molecule has 88 valence electrons. The van der Waals surface area contributed by atoms with Gasteiger partial charge in [-0.15, -0.1) is 0 Å². The normalized spacial score (nSPS) is 10.2. The van der Waals surface area contributed by atoms with Gasteiger partial charge in [0.2, 0.25) is 0 Å². The quantitative estimate of drug-likeness (QED) is 0.870. The van der Waals surface area contributed by atoms with Gasteiger partial charge >= 0.3 is 0 Å². The lowest BCUT2D eigenvalue weighted by Gasteiger charge is -2.07. The fourth-order valence-electron chi connectivity index (χ4n) is 1.46. The molecule has 2 aromatic rings. The maximum absolute atomic E-state index is 11.9. The number of rotatable bonds is 3. The van der Waals surface area contributed by atoms with Crippen molar-refractivity contribution in [2.24, 2.45) is 0 Å². The van der Waals surface area contributed by atoms with Crippen LogP contribution in [0.2, 0.25) is 0 Å². The molecule has 0 N–H and O–H groups in total. The molecule has 0 aliphatic heterocycles. The minimum Gasteiger partial charge on any atom is -0.494 e. The first kappa shape index (κ1) is 11.9. The SMILES string of the molecule is COc1cnn(Cc2ccccc2)c(=O)c1Br. The summed E-state index contributed by atoms with van der Waals surface area (Å²) in [7, 11) is 1.50. The van der Waals surface area contributed by atoms with Crippen molar-refractivity contribution in [2.75, 3.05) is 7.11 Å². The second-order valence-electron chi connectivity index (χ2n) is 3.48. The van der Waals surface area contributed by atoms with Crippen LogP contribution in [0.4, 0.5) is 0 Å². The zero-order valence-corrected chi connectivity index (χ0v) is 10.8. The van der Waals surface area contributed by atoms with E-state index >= 15 is 0 Å². The van der Waals surface area contributed by atoms with Gasteiger partial charge in [0.25, 0.3) is 5.56 Å². The molecule has 0 bridgehead atoms. The molecule has 17 heavy (non-hydrogen) atoms. The molecule has 0 unspecified atom stereocenters. The molecular formula is C12H11BrN2O2. The lowest BCUT2D eigenvalue weighted by molar-refractivity contribution is 0.403. The molecule has 0 saturated carbocycles. The van der Waals surface area contributed by atoms with Crippen LogP contribution in [-0.4, -0.2) is 16.9 Å². The van der Waals surface area contributed by atoms with Crippen LogP contribution in [0.3, 0.4) is 0 Å². The highest BCUT2D eigenvalue weighted by Crippen LogP contribution is 2.18. The van der Waals surface area contributed by atoms with Gasteiger partial charge in [-0.2, -0.15) is 5.10 Å². The first-order chi connectivity index (χ1) is 8.22. The maximum atomic E-state index is 11.9. The van der Waals surface area contributed by atoms with E-state index in [0.717, 1.165) is 5.56 Å². The van der Waals surface area contributed by atoms with Crippen LogP contribution in [0.25, 0.3) is 0 Å². The summed E-state index contributed by atoms with van der Waals surface area (Å²) in [4.78, 5) is 11.9. The summed E-state index contributed by atoms with van der Waals surface area (Å²) in [5.74, 6) is 0.444. The van der Waals surface area contributed by atoms with Gasteiger partial charge in [-0.1, -0.05) is 30.3 Å². The lowest BCUT2D eigenvalue weighted by Crippen LogP contribution is -2.24. The standard InChI is InChI=1S/C12H11BrN2O2/c1-17-10-7-14-15(12(16)11(10)13)8-9-5-3-2-4-6-9/h2-7H,8H2,1H3. The largest absolute Gasteiger partial charge is 0.494 e. The summed E-state index contributed by atoms with van der Waals surface area (Å²) >= 11 is 3.21. The van der Waals surface area contributed by atoms with E-state index < -0.39 is 0 Å². The molecule has 0 spiro atoms. The van der Waals surface area contributed by atoms with Gasteiger partial charge in [-0.3, -0.25) is 4.79 Å². The number of ether oxygens (including phenoxy) is 1. The highest BCUT2D eigenvalue weighted by molar-refractivity contribution is 9.10. The van der Waals surface area contributed by atoms with Crippen molar-refractivity contribution in [1.82, 2.24) is 9.78 Å². The number of hydrogen-bond donors (Lipinski definition) is 0. The van der Waals surface area contributed by atoms with E-state index in [1.165, 1.54) is 18.0 Å². The third kappa shape index (κ3) is 2.55. The summed E-state index contributed by atoms with van der Waals surface area (Å²) in [5.41, 5.74) is 0.826. The molecule has 0 atom stereocenters. The molecule has 2 rings (SSSR count). The monoisotopic (exact) mass is 294 g/mol. The number of hydrogen-bond acceptors (Lipinski definition) is 3. The van der Waals surface area contributed by atoms with Gasteiger partial charge in [-0.05, 0) is 21.5 Å². The van der Waals surface area contributed by atoms with Crippen LogP contribution in [0.5, 0.6) is 5.75 Å². The van der Waals surface area contributed by atoms with E-state index in [2.05, 4.69) is 21.0 Å². The van der Waals surface area contributed by atoms with Crippen LogP contribution < -0.4 is 10.3 Å². The van der Waals surface area contributed by atoms with E-state index in [4.69, 9.17) is 4.74 Å². The lowest BCUT2D eigenvalue weighted by atomic mass is 10.2. The average molecular weight is 295 g/mol. The van der Waals surface area contributed by atoms with Crippen molar-refractivity contribution in [2.45, 2.75) is 6.54 Å². The third-order valence-electron chi connectivity index (χ3n) is 2.35. The highest BCUT2D eigenvalue weighted by atomic mass is 79.9. The molecule has 4 nitrogen and oxygen atoms in total. The number of aromatic nitrogens is 2. The second kappa shape index (κ2) is 5.14. The highest BCUT2D eigenvalue weighted by Gasteiger charge is 2.08. The first-order valence-corrected chi connectivity index (χ1v) is 5.85. The summed E-state index contributed by atoms with van der Waals surface area (Å²) < 4.78 is 6.79. The molecule has 0 radical (unpaired) electrons. The van der Waals surface area contributed by atoms with Crippen molar-refractivity contribution in [3.8, 4) is 5.75 Å². The van der Waals surface area contributed by atoms with Gasteiger partial charge in [-0.25, -0.2) is 4.68 Å². The minimum atomic E-state index is -0.201. The fourth-order valence-corrected chi connectivity index (χ4v) is 1.93. The van der Waals surface area contributed by atoms with Gasteiger partial charge in [0.05, 0.1) is 19.9 Å². The topological polar surface area (TPSA) is 44.1 Å². The Morgan fingerprint density at radius 3 is 2.71 bits per heavy atom. The summed E-state index contributed by atoms with van der Waals surface area (Å²) in [6, 6.07) is 9.69. The fraction of sp³-hybridized carbons (Fsp3) is 0.167. The van der Waals surface area contributed by atoms with Crippen LogP contribution in [0.1, 0.15) is 5.56 Å².